The molecule has 1 rings (SSSR count). The molecular formula is C21H33F. The molecule has 0 amide bonds. The van der Waals surface area contributed by atoms with Crippen molar-refractivity contribution in [2.45, 2.75) is 72.9 Å². The first-order valence-corrected chi connectivity index (χ1v) is 8.63. The first-order valence-electron chi connectivity index (χ1n) is 8.63. The van der Waals surface area contributed by atoms with Crippen molar-refractivity contribution in [2.24, 2.45) is 11.3 Å². The van der Waals surface area contributed by atoms with Gasteiger partial charge in [-0.1, -0.05) is 63.6 Å². The Bertz CT molecular complexity index is 480. The lowest BCUT2D eigenvalue weighted by Gasteiger charge is -2.33. The Morgan fingerprint density at radius 2 is 1.95 bits per heavy atom. The molecule has 0 aromatic carbocycles. The highest BCUT2D eigenvalue weighted by Gasteiger charge is 2.29. The van der Waals surface area contributed by atoms with Gasteiger partial charge in [0, 0.05) is 5.41 Å². The SMILES string of the molecule is C=C(C)C1=CC(C)(C(=C)C)CC=C1CC(CCC)C(F)CC. The van der Waals surface area contributed by atoms with E-state index in [2.05, 4.69) is 46.1 Å². The van der Waals surface area contributed by atoms with Gasteiger partial charge in [0.25, 0.3) is 0 Å². The molecule has 0 heterocycles. The summed E-state index contributed by atoms with van der Waals surface area (Å²) in [5, 5.41) is 0. The van der Waals surface area contributed by atoms with Gasteiger partial charge in [0.2, 0.25) is 0 Å². The quantitative estimate of drug-likeness (QED) is 0.425. The molecule has 0 fully saturated rings. The fourth-order valence-corrected chi connectivity index (χ4v) is 3.20. The molecule has 0 bridgehead atoms. The average molecular weight is 304 g/mol. The Kier molecular flexibility index (Phi) is 6.84. The number of hydrogen-bond acceptors (Lipinski definition) is 0. The lowest BCUT2D eigenvalue weighted by Crippen LogP contribution is -2.21. The second-order valence-electron chi connectivity index (χ2n) is 7.15. The van der Waals surface area contributed by atoms with Crippen LogP contribution in [0.15, 0.2) is 47.6 Å². The van der Waals surface area contributed by atoms with E-state index in [1.54, 1.807) is 0 Å². The van der Waals surface area contributed by atoms with Crippen LogP contribution >= 0.6 is 0 Å². The minimum atomic E-state index is -0.707. The predicted molar refractivity (Wildman–Crippen MR) is 96.7 cm³/mol. The third-order valence-electron chi connectivity index (χ3n) is 5.06. The fourth-order valence-electron chi connectivity index (χ4n) is 3.20. The summed E-state index contributed by atoms with van der Waals surface area (Å²) < 4.78 is 14.3. The fraction of sp³-hybridized carbons (Fsp3) is 0.619. The number of halogens is 1. The van der Waals surface area contributed by atoms with Gasteiger partial charge in [-0.3, -0.25) is 0 Å². The molecule has 3 unspecified atom stereocenters. The summed E-state index contributed by atoms with van der Waals surface area (Å²) in [4.78, 5) is 0. The lowest BCUT2D eigenvalue weighted by atomic mass is 9.71. The molecule has 124 valence electrons. The van der Waals surface area contributed by atoms with Gasteiger partial charge >= 0.3 is 0 Å². The van der Waals surface area contributed by atoms with E-state index in [9.17, 15) is 4.39 Å². The second kappa shape index (κ2) is 7.94. The molecule has 0 aliphatic heterocycles. The molecular weight excluding hydrogens is 271 g/mol. The highest BCUT2D eigenvalue weighted by molar-refractivity contribution is 5.49. The van der Waals surface area contributed by atoms with Crippen molar-refractivity contribution in [3.63, 3.8) is 0 Å². The van der Waals surface area contributed by atoms with Crippen LogP contribution in [0.1, 0.15) is 66.7 Å². The molecule has 22 heavy (non-hydrogen) atoms. The summed E-state index contributed by atoms with van der Waals surface area (Å²) in [6.45, 7) is 18.7. The van der Waals surface area contributed by atoms with Gasteiger partial charge in [-0.05, 0) is 56.6 Å². The number of alkyl halides is 1. The summed E-state index contributed by atoms with van der Waals surface area (Å²) in [6, 6.07) is 0. The van der Waals surface area contributed by atoms with Crippen molar-refractivity contribution in [1.82, 2.24) is 0 Å². The Hall–Kier alpha value is -1.11. The maximum atomic E-state index is 14.3. The van der Waals surface area contributed by atoms with Crippen LogP contribution in [0.4, 0.5) is 4.39 Å². The standard InChI is InChI=1S/C21H33F/c1-8-10-18(20(22)9-2)13-17-11-12-21(7,16(5)6)14-19(17)15(3)4/h11,14,18,20H,3,5,8-10,12-13H2,1-2,4,6-7H3. The highest BCUT2D eigenvalue weighted by Crippen LogP contribution is 2.42. The zero-order chi connectivity index (χ0) is 16.9. The monoisotopic (exact) mass is 304 g/mol. The third kappa shape index (κ3) is 4.44. The maximum absolute atomic E-state index is 14.3. The van der Waals surface area contributed by atoms with Crippen molar-refractivity contribution in [3.8, 4) is 0 Å². The largest absolute Gasteiger partial charge is 0.247 e. The van der Waals surface area contributed by atoms with Crippen molar-refractivity contribution in [3.05, 3.63) is 47.6 Å². The van der Waals surface area contributed by atoms with Crippen molar-refractivity contribution < 1.29 is 4.39 Å². The topological polar surface area (TPSA) is 0 Å². The van der Waals surface area contributed by atoms with E-state index < -0.39 is 6.17 Å². The van der Waals surface area contributed by atoms with Gasteiger partial charge in [0.1, 0.15) is 6.17 Å². The smallest absolute Gasteiger partial charge is 0.103 e. The first kappa shape index (κ1) is 18.9. The minimum Gasteiger partial charge on any atom is -0.247 e. The lowest BCUT2D eigenvalue weighted by molar-refractivity contribution is 0.208. The second-order valence-corrected chi connectivity index (χ2v) is 7.15. The average Bonchev–Trinajstić information content (AvgIpc) is 2.47. The predicted octanol–water partition coefficient (Wildman–Crippen LogP) is 6.96. The first-order chi connectivity index (χ1) is 10.2. The van der Waals surface area contributed by atoms with E-state index in [-0.39, 0.29) is 11.3 Å². The Balaban J connectivity index is 3.04. The van der Waals surface area contributed by atoms with Crippen LogP contribution in [0.3, 0.4) is 0 Å². The summed E-state index contributed by atoms with van der Waals surface area (Å²) in [7, 11) is 0. The van der Waals surface area contributed by atoms with Crippen LogP contribution < -0.4 is 0 Å². The normalized spacial score (nSPS) is 24.3. The molecule has 0 N–H and O–H groups in total. The van der Waals surface area contributed by atoms with Crippen LogP contribution in [0.2, 0.25) is 0 Å². The highest BCUT2D eigenvalue weighted by atomic mass is 19.1. The molecule has 0 radical (unpaired) electrons. The van der Waals surface area contributed by atoms with Crippen molar-refractivity contribution >= 4 is 0 Å². The molecule has 1 heteroatoms. The van der Waals surface area contributed by atoms with Crippen LogP contribution in [-0.2, 0) is 0 Å². The Labute approximate surface area is 136 Å². The van der Waals surface area contributed by atoms with Gasteiger partial charge in [0.15, 0.2) is 0 Å². The van der Waals surface area contributed by atoms with Crippen LogP contribution in [0, 0.1) is 11.3 Å². The molecule has 0 aromatic rings. The van der Waals surface area contributed by atoms with Crippen molar-refractivity contribution in [2.75, 3.05) is 0 Å². The van der Waals surface area contributed by atoms with E-state index in [1.807, 2.05) is 13.8 Å². The van der Waals surface area contributed by atoms with E-state index in [1.165, 1.54) is 16.7 Å². The summed E-state index contributed by atoms with van der Waals surface area (Å²) in [6.07, 6.45) is 8.26. The summed E-state index contributed by atoms with van der Waals surface area (Å²) in [5.74, 6) is 0.123. The number of allylic oxidation sites excluding steroid dienone is 6. The molecule has 0 nitrogen and oxygen atoms in total. The van der Waals surface area contributed by atoms with Gasteiger partial charge in [-0.25, -0.2) is 4.39 Å². The van der Waals surface area contributed by atoms with Crippen LogP contribution in [0.25, 0.3) is 0 Å². The zero-order valence-electron chi connectivity index (χ0n) is 15.1. The summed E-state index contributed by atoms with van der Waals surface area (Å²) in [5.41, 5.74) is 4.73. The van der Waals surface area contributed by atoms with Gasteiger partial charge < -0.3 is 0 Å². The number of rotatable bonds is 8. The van der Waals surface area contributed by atoms with Gasteiger partial charge in [-0.15, -0.1) is 0 Å². The Morgan fingerprint density at radius 3 is 2.41 bits per heavy atom. The third-order valence-corrected chi connectivity index (χ3v) is 5.06. The Morgan fingerprint density at radius 1 is 1.32 bits per heavy atom. The summed E-state index contributed by atoms with van der Waals surface area (Å²) >= 11 is 0. The molecule has 1 aliphatic rings. The molecule has 0 spiro atoms. The van der Waals surface area contributed by atoms with E-state index >= 15 is 0 Å². The molecule has 3 atom stereocenters. The van der Waals surface area contributed by atoms with Crippen LogP contribution in [-0.4, -0.2) is 6.17 Å². The molecule has 0 aromatic heterocycles. The van der Waals surface area contributed by atoms with E-state index in [0.29, 0.717) is 6.42 Å². The van der Waals surface area contributed by atoms with Gasteiger partial charge in [0.05, 0.1) is 0 Å². The van der Waals surface area contributed by atoms with Crippen LogP contribution in [0.5, 0.6) is 0 Å². The zero-order valence-corrected chi connectivity index (χ0v) is 15.1. The maximum Gasteiger partial charge on any atom is 0.103 e. The minimum absolute atomic E-state index is 0.00207. The molecule has 1 aliphatic carbocycles. The molecule has 0 saturated heterocycles. The molecule has 0 saturated carbocycles. The van der Waals surface area contributed by atoms with Gasteiger partial charge in [-0.2, -0.15) is 0 Å². The van der Waals surface area contributed by atoms with E-state index in [4.69, 9.17) is 0 Å². The number of hydrogen-bond donors (Lipinski definition) is 0. The van der Waals surface area contributed by atoms with Crippen molar-refractivity contribution in [1.29, 1.82) is 0 Å². The van der Waals surface area contributed by atoms with E-state index in [0.717, 1.165) is 31.3 Å².